The highest BCUT2D eigenvalue weighted by Crippen LogP contribution is 2.29. The molecule has 0 saturated carbocycles. The van der Waals surface area contributed by atoms with E-state index in [4.69, 9.17) is 39.8 Å². The van der Waals surface area contributed by atoms with Crippen LogP contribution < -0.4 is 0 Å². The largest absolute Gasteiger partial charge is 0.477 e. The number of hydrogen-bond acceptors (Lipinski definition) is 5. The van der Waals surface area contributed by atoms with E-state index in [1.807, 2.05) is 0 Å². The van der Waals surface area contributed by atoms with Gasteiger partial charge in [-0.15, -0.1) is 0 Å². The number of halogens is 3. The number of nitrogens with zero attached hydrogens (tertiary/aromatic N) is 5. The number of carboxylic acid groups (broad SMARTS) is 1. The number of hydrogen-bond donors (Lipinski definition) is 1. The summed E-state index contributed by atoms with van der Waals surface area (Å²) in [5.41, 5.74) is 1.96. The van der Waals surface area contributed by atoms with Gasteiger partial charge in [0.15, 0.2) is 5.69 Å². The van der Waals surface area contributed by atoms with E-state index in [0.717, 1.165) is 39.1 Å². The van der Waals surface area contributed by atoms with E-state index in [1.54, 1.807) is 35.0 Å². The molecule has 3 aromatic rings. The first kappa shape index (κ1) is 24.9. The molecule has 1 saturated heterocycles. The van der Waals surface area contributed by atoms with Gasteiger partial charge in [0.2, 0.25) is 0 Å². The predicted molar refractivity (Wildman–Crippen MR) is 135 cm³/mol. The maximum Gasteiger partial charge on any atom is 0.354 e. The topological polar surface area (TPSA) is 74.5 Å². The van der Waals surface area contributed by atoms with Crippen LogP contribution in [-0.2, 0) is 13.1 Å². The minimum absolute atomic E-state index is 0.127. The fraction of sp³-hybridized carbons (Fsp3) is 0.375. The second-order valence-corrected chi connectivity index (χ2v) is 9.65. The molecule has 1 aliphatic rings. The highest BCUT2D eigenvalue weighted by atomic mass is 35.5. The summed E-state index contributed by atoms with van der Waals surface area (Å²) in [7, 11) is 0. The van der Waals surface area contributed by atoms with Crippen molar-refractivity contribution in [3.8, 4) is 11.4 Å². The van der Waals surface area contributed by atoms with Crippen LogP contribution in [0.4, 0.5) is 0 Å². The molecule has 2 aromatic heterocycles. The molecule has 180 valence electrons. The van der Waals surface area contributed by atoms with Crippen LogP contribution in [0.5, 0.6) is 0 Å². The molecule has 0 aliphatic carbocycles. The molecule has 1 aromatic carbocycles. The Morgan fingerprint density at radius 2 is 1.74 bits per heavy atom. The fourth-order valence-corrected chi connectivity index (χ4v) is 4.84. The Balaban J connectivity index is 1.74. The average Bonchev–Trinajstić information content (AvgIpc) is 3.15. The minimum Gasteiger partial charge on any atom is -0.477 e. The summed E-state index contributed by atoms with van der Waals surface area (Å²) in [6, 6.07) is 6.87. The summed E-state index contributed by atoms with van der Waals surface area (Å²) in [4.78, 5) is 26.1. The minimum atomic E-state index is -1.05. The van der Waals surface area contributed by atoms with Crippen molar-refractivity contribution in [3.63, 3.8) is 0 Å². The lowest BCUT2D eigenvalue weighted by molar-refractivity contribution is 0.0681. The van der Waals surface area contributed by atoms with Gasteiger partial charge in [0.05, 0.1) is 17.3 Å². The van der Waals surface area contributed by atoms with E-state index >= 15 is 0 Å². The normalized spacial score (nSPS) is 15.1. The Bertz CT molecular complexity index is 1180. The lowest BCUT2D eigenvalue weighted by Gasteiger charge is -2.34. The third-order valence-electron chi connectivity index (χ3n) is 5.92. The molecule has 1 aliphatic heterocycles. The number of rotatable bonds is 8. The van der Waals surface area contributed by atoms with Gasteiger partial charge >= 0.3 is 5.97 Å². The van der Waals surface area contributed by atoms with Crippen molar-refractivity contribution in [1.29, 1.82) is 0 Å². The number of aromatic nitrogens is 3. The third-order valence-corrected chi connectivity index (χ3v) is 6.73. The summed E-state index contributed by atoms with van der Waals surface area (Å²) in [5, 5.41) is 11.7. The molecular weight excluding hydrogens is 497 g/mol. The Kier molecular flexibility index (Phi) is 8.11. The Labute approximate surface area is 213 Å². The van der Waals surface area contributed by atoms with Gasteiger partial charge in [0.25, 0.3) is 0 Å². The number of carboxylic acids is 1. The summed E-state index contributed by atoms with van der Waals surface area (Å²) in [5.74, 6) is -0.574. The Hall–Kier alpha value is -2.16. The molecule has 0 radical (unpaired) electrons. The van der Waals surface area contributed by atoms with Crippen LogP contribution in [0.3, 0.4) is 0 Å². The molecule has 4 rings (SSSR count). The van der Waals surface area contributed by atoms with Crippen LogP contribution in [-0.4, -0.2) is 68.1 Å². The molecular formula is C24H26Cl3N5O2. The smallest absolute Gasteiger partial charge is 0.354 e. The first-order valence-corrected chi connectivity index (χ1v) is 12.3. The molecule has 1 N–H and O–H groups in total. The number of benzene rings is 1. The lowest BCUT2D eigenvalue weighted by Crippen LogP contribution is -2.46. The van der Waals surface area contributed by atoms with E-state index in [2.05, 4.69) is 21.7 Å². The number of piperazine rings is 1. The van der Waals surface area contributed by atoms with Gasteiger partial charge in [-0.3, -0.25) is 9.88 Å². The van der Waals surface area contributed by atoms with Crippen molar-refractivity contribution in [2.24, 2.45) is 0 Å². The summed E-state index contributed by atoms with van der Waals surface area (Å²) >= 11 is 18.8. The van der Waals surface area contributed by atoms with E-state index < -0.39 is 5.97 Å². The quantitative estimate of drug-likeness (QED) is 0.439. The van der Waals surface area contributed by atoms with Gasteiger partial charge in [-0.05, 0) is 42.8 Å². The molecule has 0 bridgehead atoms. The molecule has 0 amide bonds. The first-order valence-electron chi connectivity index (χ1n) is 11.2. The average molecular weight is 523 g/mol. The zero-order valence-corrected chi connectivity index (χ0v) is 21.1. The van der Waals surface area contributed by atoms with Crippen molar-refractivity contribution >= 4 is 40.8 Å². The second-order valence-electron chi connectivity index (χ2n) is 8.37. The summed E-state index contributed by atoms with van der Waals surface area (Å²) in [6.45, 7) is 7.53. The van der Waals surface area contributed by atoms with Crippen LogP contribution in [0.1, 0.15) is 35.1 Å². The van der Waals surface area contributed by atoms with Gasteiger partial charge in [0.1, 0.15) is 5.82 Å². The molecule has 7 nitrogen and oxygen atoms in total. The lowest BCUT2D eigenvalue weighted by atomic mass is 10.2. The van der Waals surface area contributed by atoms with Crippen molar-refractivity contribution < 1.29 is 9.90 Å². The van der Waals surface area contributed by atoms with Crippen LogP contribution in [0.2, 0.25) is 15.1 Å². The third kappa shape index (κ3) is 5.73. The number of carbonyl (C=O) groups is 1. The van der Waals surface area contributed by atoms with E-state index in [9.17, 15) is 9.90 Å². The Morgan fingerprint density at radius 3 is 2.41 bits per heavy atom. The molecule has 34 heavy (non-hydrogen) atoms. The van der Waals surface area contributed by atoms with Crippen LogP contribution in [0, 0.1) is 0 Å². The fourth-order valence-electron chi connectivity index (χ4n) is 4.29. The van der Waals surface area contributed by atoms with E-state index in [-0.39, 0.29) is 12.2 Å². The molecule has 1 fully saturated rings. The highest BCUT2D eigenvalue weighted by molar-refractivity contribution is 6.33. The van der Waals surface area contributed by atoms with Crippen LogP contribution in [0.25, 0.3) is 11.4 Å². The zero-order chi connectivity index (χ0) is 24.2. The van der Waals surface area contributed by atoms with Gasteiger partial charge in [-0.25, -0.2) is 9.78 Å². The van der Waals surface area contributed by atoms with E-state index in [1.165, 1.54) is 6.20 Å². The maximum absolute atomic E-state index is 12.5. The number of imidazole rings is 1. The molecule has 3 heterocycles. The summed E-state index contributed by atoms with van der Waals surface area (Å²) in [6.07, 6.45) is 4.28. The monoisotopic (exact) mass is 521 g/mol. The van der Waals surface area contributed by atoms with Crippen LogP contribution >= 0.6 is 34.8 Å². The van der Waals surface area contributed by atoms with Gasteiger partial charge in [0, 0.05) is 60.7 Å². The second kappa shape index (κ2) is 11.1. The molecule has 10 heteroatoms. The van der Waals surface area contributed by atoms with Crippen molar-refractivity contribution in [3.05, 3.63) is 68.7 Å². The number of aromatic carboxylic acids is 1. The molecule has 0 atom stereocenters. The Morgan fingerprint density at radius 1 is 1.00 bits per heavy atom. The summed E-state index contributed by atoms with van der Waals surface area (Å²) < 4.78 is 1.66. The maximum atomic E-state index is 12.5. The zero-order valence-electron chi connectivity index (χ0n) is 18.8. The van der Waals surface area contributed by atoms with Gasteiger partial charge in [-0.1, -0.05) is 41.7 Å². The molecule has 0 spiro atoms. The highest BCUT2D eigenvalue weighted by Gasteiger charge is 2.27. The number of pyridine rings is 1. The SMILES string of the molecule is CCCN1CCN(Cc2nc(-c3cncc(Cl)c3)n(Cc3cc(Cl)ccc3Cl)c2C(=O)O)CC1. The molecule has 0 unspecified atom stereocenters. The van der Waals surface area contributed by atoms with Crippen LogP contribution in [0.15, 0.2) is 36.7 Å². The van der Waals surface area contributed by atoms with Gasteiger partial charge in [-0.2, -0.15) is 0 Å². The standard InChI is InChI=1S/C24H26Cl3N5O2/c1-2-5-30-6-8-31(9-7-30)15-21-22(24(33)34)32(14-17-11-18(25)3-4-20(17)27)23(29-21)16-10-19(26)13-28-12-16/h3-4,10-13H,2,5-9,14-15H2,1H3,(H,33,34). The predicted octanol–water partition coefficient (Wildman–Crippen LogP) is 5.18. The van der Waals surface area contributed by atoms with Crippen molar-refractivity contribution in [2.45, 2.75) is 26.4 Å². The van der Waals surface area contributed by atoms with Crippen molar-refractivity contribution in [2.75, 3.05) is 32.7 Å². The van der Waals surface area contributed by atoms with Crippen molar-refractivity contribution in [1.82, 2.24) is 24.3 Å². The van der Waals surface area contributed by atoms with Gasteiger partial charge < -0.3 is 14.6 Å². The first-order chi connectivity index (χ1) is 16.4. The van der Waals surface area contributed by atoms with E-state index in [0.29, 0.717) is 44.3 Å².